The molecule has 0 fully saturated rings. The molecule has 82 valence electrons. The third kappa shape index (κ3) is 2.34. The second kappa shape index (κ2) is 4.42. The molecule has 0 aliphatic rings. The summed E-state index contributed by atoms with van der Waals surface area (Å²) < 4.78 is 0. The van der Waals surface area contributed by atoms with Crippen LogP contribution in [0.25, 0.3) is 0 Å². The third-order valence-corrected chi connectivity index (χ3v) is 2.50. The largest absolute Gasteiger partial charge is 0.478 e. The van der Waals surface area contributed by atoms with Crippen molar-refractivity contribution in [3.8, 4) is 0 Å². The molecular formula is C11H14O4. The molecule has 0 bridgehead atoms. The Bertz CT molecular complexity index is 355. The van der Waals surface area contributed by atoms with Crippen molar-refractivity contribution in [3.63, 3.8) is 0 Å². The first kappa shape index (κ1) is 11.7. The predicted octanol–water partition coefficient (Wildman–Crippen LogP) is 0.627. The number of aromatic carboxylic acids is 1. The van der Waals surface area contributed by atoms with Crippen LogP contribution in [0.15, 0.2) is 24.3 Å². The number of carbonyl (C=O) groups is 1. The highest BCUT2D eigenvalue weighted by molar-refractivity contribution is 5.87. The van der Waals surface area contributed by atoms with Gasteiger partial charge in [-0.3, -0.25) is 0 Å². The minimum Gasteiger partial charge on any atom is -0.478 e. The van der Waals surface area contributed by atoms with Gasteiger partial charge in [0.05, 0.1) is 18.8 Å². The molecule has 0 heterocycles. The van der Waals surface area contributed by atoms with Crippen molar-refractivity contribution in [2.45, 2.75) is 12.3 Å². The molecule has 0 saturated carbocycles. The Morgan fingerprint density at radius 1 is 1.33 bits per heavy atom. The zero-order valence-electron chi connectivity index (χ0n) is 8.47. The van der Waals surface area contributed by atoms with E-state index in [1.807, 2.05) is 0 Å². The van der Waals surface area contributed by atoms with Gasteiger partial charge in [0.15, 0.2) is 0 Å². The van der Waals surface area contributed by atoms with Crippen LogP contribution in [0.5, 0.6) is 0 Å². The van der Waals surface area contributed by atoms with Crippen molar-refractivity contribution in [3.05, 3.63) is 35.4 Å². The predicted molar refractivity (Wildman–Crippen MR) is 54.9 cm³/mol. The standard InChI is InChI=1S/C11H14O4/c1-11(6-12,7-13)9-4-2-3-8(5-9)10(14)15/h2-5,12-13H,6-7H2,1H3,(H,14,15). The molecular weight excluding hydrogens is 196 g/mol. The SMILES string of the molecule is CC(CO)(CO)c1cccc(C(=O)O)c1. The lowest BCUT2D eigenvalue weighted by Gasteiger charge is -2.25. The summed E-state index contributed by atoms with van der Waals surface area (Å²) in [7, 11) is 0. The first-order chi connectivity index (χ1) is 7.03. The summed E-state index contributed by atoms with van der Waals surface area (Å²) in [5.41, 5.74) is -0.0288. The van der Waals surface area contributed by atoms with E-state index in [9.17, 15) is 4.79 Å². The summed E-state index contributed by atoms with van der Waals surface area (Å²) in [5.74, 6) is -1.02. The maximum absolute atomic E-state index is 10.7. The zero-order chi connectivity index (χ0) is 11.5. The highest BCUT2D eigenvalue weighted by Gasteiger charge is 2.25. The van der Waals surface area contributed by atoms with Gasteiger partial charge in [-0.25, -0.2) is 4.79 Å². The van der Waals surface area contributed by atoms with Crippen LogP contribution in [0.4, 0.5) is 0 Å². The van der Waals surface area contributed by atoms with Crippen molar-refractivity contribution in [1.82, 2.24) is 0 Å². The fourth-order valence-electron chi connectivity index (χ4n) is 1.26. The van der Waals surface area contributed by atoms with E-state index in [1.165, 1.54) is 12.1 Å². The number of carboxylic acids is 1. The molecule has 0 aliphatic heterocycles. The Labute approximate surface area is 87.8 Å². The molecule has 4 nitrogen and oxygen atoms in total. The molecule has 0 amide bonds. The summed E-state index contributed by atoms with van der Waals surface area (Å²) in [6, 6.07) is 6.23. The summed E-state index contributed by atoms with van der Waals surface area (Å²) >= 11 is 0. The normalized spacial score (nSPS) is 11.4. The number of carboxylic acid groups (broad SMARTS) is 1. The first-order valence-corrected chi connectivity index (χ1v) is 4.59. The fourth-order valence-corrected chi connectivity index (χ4v) is 1.26. The van der Waals surface area contributed by atoms with E-state index in [1.54, 1.807) is 19.1 Å². The van der Waals surface area contributed by atoms with E-state index in [4.69, 9.17) is 15.3 Å². The van der Waals surface area contributed by atoms with Gasteiger partial charge in [0.2, 0.25) is 0 Å². The van der Waals surface area contributed by atoms with Crippen molar-refractivity contribution in [2.24, 2.45) is 0 Å². The minimum atomic E-state index is -1.02. The third-order valence-electron chi connectivity index (χ3n) is 2.50. The van der Waals surface area contributed by atoms with Gasteiger partial charge in [0.1, 0.15) is 0 Å². The molecule has 0 unspecified atom stereocenters. The quantitative estimate of drug-likeness (QED) is 0.681. The summed E-state index contributed by atoms with van der Waals surface area (Å²) in [6.45, 7) is 1.22. The molecule has 1 aromatic carbocycles. The summed E-state index contributed by atoms with van der Waals surface area (Å²) in [6.07, 6.45) is 0. The van der Waals surface area contributed by atoms with Crippen LogP contribution in [-0.4, -0.2) is 34.5 Å². The van der Waals surface area contributed by atoms with E-state index in [0.717, 1.165) is 0 Å². The van der Waals surface area contributed by atoms with Crippen LogP contribution in [0, 0.1) is 0 Å². The van der Waals surface area contributed by atoms with Gasteiger partial charge in [0, 0.05) is 5.41 Å². The van der Waals surface area contributed by atoms with Crippen LogP contribution in [-0.2, 0) is 5.41 Å². The maximum Gasteiger partial charge on any atom is 0.335 e. The van der Waals surface area contributed by atoms with Gasteiger partial charge < -0.3 is 15.3 Å². The van der Waals surface area contributed by atoms with E-state index >= 15 is 0 Å². The molecule has 1 aromatic rings. The molecule has 0 aromatic heterocycles. The van der Waals surface area contributed by atoms with Gasteiger partial charge in [-0.05, 0) is 17.7 Å². The lowest BCUT2D eigenvalue weighted by Crippen LogP contribution is -2.31. The Kier molecular flexibility index (Phi) is 3.44. The van der Waals surface area contributed by atoms with Crippen LogP contribution < -0.4 is 0 Å². The Balaban J connectivity index is 3.14. The average Bonchev–Trinajstić information content (AvgIpc) is 2.28. The Morgan fingerprint density at radius 2 is 1.93 bits per heavy atom. The second-order valence-electron chi connectivity index (χ2n) is 3.76. The monoisotopic (exact) mass is 210 g/mol. The molecule has 0 aliphatic carbocycles. The molecule has 0 radical (unpaired) electrons. The van der Waals surface area contributed by atoms with Crippen molar-refractivity contribution >= 4 is 5.97 Å². The highest BCUT2D eigenvalue weighted by Crippen LogP contribution is 2.23. The number of aliphatic hydroxyl groups excluding tert-OH is 2. The van der Waals surface area contributed by atoms with E-state index in [0.29, 0.717) is 5.56 Å². The fraction of sp³-hybridized carbons (Fsp3) is 0.364. The second-order valence-corrected chi connectivity index (χ2v) is 3.76. The molecule has 0 spiro atoms. The van der Waals surface area contributed by atoms with E-state index < -0.39 is 11.4 Å². The number of hydrogen-bond acceptors (Lipinski definition) is 3. The van der Waals surface area contributed by atoms with Gasteiger partial charge in [-0.2, -0.15) is 0 Å². The molecule has 4 heteroatoms. The molecule has 3 N–H and O–H groups in total. The van der Waals surface area contributed by atoms with Crippen LogP contribution >= 0.6 is 0 Å². The number of hydrogen-bond donors (Lipinski definition) is 3. The Hall–Kier alpha value is -1.39. The smallest absolute Gasteiger partial charge is 0.335 e. The highest BCUT2D eigenvalue weighted by atomic mass is 16.4. The topological polar surface area (TPSA) is 77.8 Å². The summed E-state index contributed by atoms with van der Waals surface area (Å²) in [4.78, 5) is 10.7. The average molecular weight is 210 g/mol. The number of aliphatic hydroxyl groups is 2. The number of benzene rings is 1. The van der Waals surface area contributed by atoms with E-state index in [2.05, 4.69) is 0 Å². The van der Waals surface area contributed by atoms with Gasteiger partial charge in [-0.15, -0.1) is 0 Å². The van der Waals surface area contributed by atoms with Crippen LogP contribution in [0.3, 0.4) is 0 Å². The lowest BCUT2D eigenvalue weighted by molar-refractivity contribution is 0.0696. The lowest BCUT2D eigenvalue weighted by atomic mass is 9.83. The first-order valence-electron chi connectivity index (χ1n) is 4.59. The van der Waals surface area contributed by atoms with Gasteiger partial charge >= 0.3 is 5.97 Å². The molecule has 0 atom stereocenters. The zero-order valence-corrected chi connectivity index (χ0v) is 8.47. The van der Waals surface area contributed by atoms with Crippen LogP contribution in [0.2, 0.25) is 0 Å². The number of rotatable bonds is 4. The molecule has 0 saturated heterocycles. The Morgan fingerprint density at radius 3 is 2.40 bits per heavy atom. The molecule has 15 heavy (non-hydrogen) atoms. The van der Waals surface area contributed by atoms with E-state index in [-0.39, 0.29) is 18.8 Å². The molecule has 1 rings (SSSR count). The van der Waals surface area contributed by atoms with Crippen molar-refractivity contribution in [2.75, 3.05) is 13.2 Å². The summed E-state index contributed by atoms with van der Waals surface area (Å²) in [5, 5.41) is 27.1. The minimum absolute atomic E-state index is 0.153. The maximum atomic E-state index is 10.7. The van der Waals surface area contributed by atoms with Gasteiger partial charge in [-0.1, -0.05) is 19.1 Å². The van der Waals surface area contributed by atoms with Crippen molar-refractivity contribution < 1.29 is 20.1 Å². The van der Waals surface area contributed by atoms with Crippen molar-refractivity contribution in [1.29, 1.82) is 0 Å². The van der Waals surface area contributed by atoms with Gasteiger partial charge in [0.25, 0.3) is 0 Å². The van der Waals surface area contributed by atoms with Crippen LogP contribution in [0.1, 0.15) is 22.8 Å².